The van der Waals surface area contributed by atoms with Crippen LogP contribution < -0.4 is 0 Å². The van der Waals surface area contributed by atoms with Crippen molar-refractivity contribution in [3.05, 3.63) is 11.6 Å². The van der Waals surface area contributed by atoms with Gasteiger partial charge < -0.3 is 0 Å². The van der Waals surface area contributed by atoms with Gasteiger partial charge in [0.15, 0.2) is 0 Å². The third-order valence-electron chi connectivity index (χ3n) is 21.8. The minimum Gasteiger partial charge on any atom is -0.298 e. The van der Waals surface area contributed by atoms with E-state index < -0.39 is 0 Å². The molecule has 0 amide bonds. The summed E-state index contributed by atoms with van der Waals surface area (Å²) in [6.07, 6.45) is 34.7. The molecule has 2 heteroatoms. The van der Waals surface area contributed by atoms with E-state index in [1.807, 2.05) is 0 Å². The summed E-state index contributed by atoms with van der Waals surface area (Å²) in [4.78, 5) is 6.83. The van der Waals surface area contributed by atoms with Gasteiger partial charge in [0, 0.05) is 11.1 Å². The lowest BCUT2D eigenvalue weighted by molar-refractivity contribution is -0.288. The van der Waals surface area contributed by atoms with E-state index >= 15 is 0 Å². The normalized spacial score (nSPS) is 32.7. The first kappa shape index (κ1) is 60.5. The maximum absolute atomic E-state index is 6.83. The second kappa shape index (κ2) is 23.5. The van der Waals surface area contributed by atoms with Gasteiger partial charge in [-0.15, -0.1) is 0 Å². The maximum atomic E-state index is 6.83. The van der Waals surface area contributed by atoms with Crippen LogP contribution in [0.15, 0.2) is 11.6 Å². The Balaban J connectivity index is 1.24. The maximum Gasteiger partial charge on any atom is 0.0688 e. The number of hydrogen-bond acceptors (Lipinski definition) is 2. The highest BCUT2D eigenvalue weighted by atomic mass is 16.7. The molecule has 0 aromatic carbocycles. The van der Waals surface area contributed by atoms with E-state index in [9.17, 15) is 0 Å². The van der Waals surface area contributed by atoms with Crippen molar-refractivity contribution in [2.75, 3.05) is 6.61 Å². The summed E-state index contributed by atoms with van der Waals surface area (Å²) in [5.74, 6) is 10.4. The summed E-state index contributed by atoms with van der Waals surface area (Å²) in [7, 11) is 0. The first-order valence-electron chi connectivity index (χ1n) is 31.2. The van der Waals surface area contributed by atoms with Crippen molar-refractivity contribution in [3.63, 3.8) is 0 Å². The lowest BCUT2D eigenvalue weighted by atomic mass is 9.55. The summed E-state index contributed by atoms with van der Waals surface area (Å²) in [6.45, 7) is 56.5. The van der Waals surface area contributed by atoms with E-state index in [0.717, 1.165) is 77.6 Å². The number of piperidine rings is 1. The van der Waals surface area contributed by atoms with Gasteiger partial charge in [-0.1, -0.05) is 181 Å². The fourth-order valence-electron chi connectivity index (χ4n) is 18.7. The Labute approximate surface area is 440 Å². The Hall–Kier alpha value is -0.340. The SMILES string of the molecule is C/C=C1\CC2CC1C(C(C)(C)C)C2CCC(C)(CCCC(C)CCCC(C)(C)C)C(C)(CCCC(C)CCC1C2CC(CCON3C(C)(C)CC(C)CC3(C)C)C(C2)C1C(C)(C)C)CCCC(C)(C)C. The molecular formula is C68H127NO. The monoisotopic (exact) mass is 974 g/mol. The third kappa shape index (κ3) is 15.6. The molecule has 70 heavy (non-hydrogen) atoms. The highest BCUT2D eigenvalue weighted by Crippen LogP contribution is 2.64. The van der Waals surface area contributed by atoms with E-state index in [2.05, 4.69) is 163 Å². The first-order valence-corrected chi connectivity index (χ1v) is 31.2. The average molecular weight is 975 g/mol. The predicted molar refractivity (Wildman–Crippen MR) is 309 cm³/mol. The van der Waals surface area contributed by atoms with Crippen molar-refractivity contribution < 1.29 is 4.84 Å². The third-order valence-corrected chi connectivity index (χ3v) is 21.8. The molecule has 410 valence electrons. The summed E-state index contributed by atoms with van der Waals surface area (Å²) in [5.41, 5.74) is 4.39. The van der Waals surface area contributed by atoms with E-state index in [4.69, 9.17) is 4.84 Å². The lowest BCUT2D eigenvalue weighted by Crippen LogP contribution is -2.60. The Bertz CT molecular complexity index is 1600. The molecular weight excluding hydrogens is 847 g/mol. The molecule has 13 unspecified atom stereocenters. The number of fused-ring (bicyclic) bond motifs is 4. The highest BCUT2D eigenvalue weighted by molar-refractivity contribution is 5.21. The predicted octanol–water partition coefficient (Wildman–Crippen LogP) is 21.4. The van der Waals surface area contributed by atoms with Crippen LogP contribution in [0.3, 0.4) is 0 Å². The zero-order valence-electron chi connectivity index (χ0n) is 51.8. The van der Waals surface area contributed by atoms with E-state index in [-0.39, 0.29) is 11.1 Å². The zero-order valence-corrected chi connectivity index (χ0v) is 51.8. The van der Waals surface area contributed by atoms with Crippen molar-refractivity contribution in [2.24, 2.45) is 104 Å². The molecule has 2 nitrogen and oxygen atoms in total. The molecule has 0 spiro atoms. The molecule has 5 rings (SSSR count). The van der Waals surface area contributed by atoms with E-state index in [1.165, 1.54) is 148 Å². The fraction of sp³-hybridized carbons (Fsp3) is 0.971. The average Bonchev–Trinajstić information content (AvgIpc) is 3.98. The molecule has 13 atom stereocenters. The summed E-state index contributed by atoms with van der Waals surface area (Å²) >= 11 is 0. The van der Waals surface area contributed by atoms with Crippen LogP contribution in [0.1, 0.15) is 300 Å². The minimum absolute atomic E-state index is 0.0995. The van der Waals surface area contributed by atoms with Crippen molar-refractivity contribution in [3.8, 4) is 0 Å². The summed E-state index contributed by atoms with van der Waals surface area (Å²) in [5, 5.41) is 2.42. The molecule has 5 fully saturated rings. The molecule has 0 N–H and O–H groups in total. The standard InChI is InChI=1S/C68H127NO/c1-23-51-42-53-44-57(51)60(64(14,15)16)56(53)33-40-68(22,38-25-29-48(2)28-24-35-61(5,6)7)67(21,39-27-36-62(8,9)10)37-26-30-49(3)31-32-55-54-43-52(58(45-54)59(55)63(11,12)13)34-41-70-69-65(17,18)46-50(4)47-66(69,19)20/h23,48-50,52-60H,24-47H2,1-22H3/b51-23+. The van der Waals surface area contributed by atoms with Gasteiger partial charge in [-0.3, -0.25) is 4.84 Å². The topological polar surface area (TPSA) is 12.5 Å². The van der Waals surface area contributed by atoms with Crippen LogP contribution >= 0.6 is 0 Å². The van der Waals surface area contributed by atoms with Gasteiger partial charge in [-0.25, -0.2) is 0 Å². The number of nitrogens with zero attached hydrogens (tertiary/aromatic N) is 1. The molecule has 0 aromatic heterocycles. The smallest absolute Gasteiger partial charge is 0.0688 e. The Morgan fingerprint density at radius 3 is 1.59 bits per heavy atom. The Kier molecular flexibility index (Phi) is 20.3. The number of hydrogen-bond donors (Lipinski definition) is 0. The largest absolute Gasteiger partial charge is 0.298 e. The van der Waals surface area contributed by atoms with Crippen LogP contribution in [0.4, 0.5) is 0 Å². The number of hydroxylamine groups is 2. The molecule has 1 saturated heterocycles. The van der Waals surface area contributed by atoms with Crippen LogP contribution in [-0.4, -0.2) is 22.7 Å². The lowest BCUT2D eigenvalue weighted by Gasteiger charge is -2.53. The molecule has 0 aromatic rings. The van der Waals surface area contributed by atoms with Gasteiger partial charge in [-0.05, 0) is 234 Å². The molecule has 4 saturated carbocycles. The molecule has 1 heterocycles. The van der Waals surface area contributed by atoms with Crippen LogP contribution in [0, 0.1) is 104 Å². The van der Waals surface area contributed by atoms with Crippen molar-refractivity contribution in [1.29, 1.82) is 0 Å². The van der Waals surface area contributed by atoms with Gasteiger partial charge >= 0.3 is 0 Å². The van der Waals surface area contributed by atoms with Gasteiger partial charge in [0.1, 0.15) is 0 Å². The van der Waals surface area contributed by atoms with Crippen molar-refractivity contribution >= 4 is 0 Å². The minimum atomic E-state index is 0.0995. The zero-order chi connectivity index (χ0) is 52.5. The number of rotatable bonds is 25. The second-order valence-corrected chi connectivity index (χ2v) is 33.6. The van der Waals surface area contributed by atoms with Crippen LogP contribution in [0.25, 0.3) is 0 Å². The van der Waals surface area contributed by atoms with E-state index in [1.54, 1.807) is 5.57 Å². The molecule has 5 aliphatic rings. The highest BCUT2D eigenvalue weighted by Gasteiger charge is 2.56. The van der Waals surface area contributed by atoms with Crippen molar-refractivity contribution in [2.45, 2.75) is 311 Å². The molecule has 4 aliphatic carbocycles. The van der Waals surface area contributed by atoms with E-state index in [0.29, 0.717) is 32.5 Å². The van der Waals surface area contributed by atoms with Crippen molar-refractivity contribution in [1.82, 2.24) is 5.06 Å². The Morgan fingerprint density at radius 2 is 1.06 bits per heavy atom. The summed E-state index contributed by atoms with van der Waals surface area (Å²) in [6, 6.07) is 0. The van der Waals surface area contributed by atoms with Crippen LogP contribution in [0.2, 0.25) is 0 Å². The summed E-state index contributed by atoms with van der Waals surface area (Å²) < 4.78 is 0. The van der Waals surface area contributed by atoms with Crippen LogP contribution in [0.5, 0.6) is 0 Å². The van der Waals surface area contributed by atoms with Gasteiger partial charge in [0.05, 0.1) is 6.61 Å². The second-order valence-electron chi connectivity index (χ2n) is 33.6. The van der Waals surface area contributed by atoms with Crippen LogP contribution in [-0.2, 0) is 4.84 Å². The Morgan fingerprint density at radius 1 is 0.571 bits per heavy atom. The van der Waals surface area contributed by atoms with Gasteiger partial charge in [0.25, 0.3) is 0 Å². The quantitative estimate of drug-likeness (QED) is 0.0846. The number of allylic oxidation sites excluding steroid dienone is 2. The fourth-order valence-corrected chi connectivity index (χ4v) is 18.7. The van der Waals surface area contributed by atoms with Gasteiger partial charge in [-0.2, -0.15) is 5.06 Å². The first-order chi connectivity index (χ1) is 32.1. The molecule has 0 radical (unpaired) electrons. The van der Waals surface area contributed by atoms with Gasteiger partial charge in [0.2, 0.25) is 0 Å². The molecule has 1 aliphatic heterocycles. The molecule has 4 bridgehead atoms.